The highest BCUT2D eigenvalue weighted by molar-refractivity contribution is 5.93. The number of nitrogens with two attached hydrogens (primary N) is 2. The van der Waals surface area contributed by atoms with Crippen LogP contribution in [0.3, 0.4) is 0 Å². The maximum absolute atomic E-state index is 11.4. The zero-order valence-electron chi connectivity index (χ0n) is 18.0. The standard InChI is InChI=1S/C26H25N3O4/c27-11-10-21-15-29(14-17-4-6-19(7-5-17)26(31)32)24-9-8-22(13-23(21)24)33-16-18-2-1-3-20(12-18)25(28)30/h1-9,12-13,15H,10-11,14,16,27H2,(H2,28,30)(H,31,32). The molecule has 3 aromatic carbocycles. The van der Waals surface area contributed by atoms with E-state index < -0.39 is 11.9 Å². The summed E-state index contributed by atoms with van der Waals surface area (Å²) in [7, 11) is 0. The lowest BCUT2D eigenvalue weighted by Crippen LogP contribution is -2.11. The molecule has 0 aliphatic heterocycles. The lowest BCUT2D eigenvalue weighted by Gasteiger charge is -2.09. The van der Waals surface area contributed by atoms with Crippen molar-refractivity contribution in [3.63, 3.8) is 0 Å². The van der Waals surface area contributed by atoms with Gasteiger partial charge in [-0.1, -0.05) is 24.3 Å². The number of rotatable bonds is 9. The summed E-state index contributed by atoms with van der Waals surface area (Å²) in [5.74, 6) is -0.690. The number of carbonyl (C=O) groups is 2. The second-order valence-corrected chi connectivity index (χ2v) is 7.86. The van der Waals surface area contributed by atoms with Crippen molar-refractivity contribution in [1.82, 2.24) is 4.57 Å². The van der Waals surface area contributed by atoms with Crippen LogP contribution in [-0.4, -0.2) is 28.1 Å². The van der Waals surface area contributed by atoms with E-state index in [9.17, 15) is 9.59 Å². The molecule has 7 heteroatoms. The van der Waals surface area contributed by atoms with Crippen molar-refractivity contribution in [1.29, 1.82) is 0 Å². The van der Waals surface area contributed by atoms with E-state index >= 15 is 0 Å². The number of fused-ring (bicyclic) bond motifs is 1. The Balaban J connectivity index is 1.57. The molecule has 0 radical (unpaired) electrons. The highest BCUT2D eigenvalue weighted by Gasteiger charge is 2.11. The third kappa shape index (κ3) is 5.05. The second kappa shape index (κ2) is 9.58. The largest absolute Gasteiger partial charge is 0.489 e. The Morgan fingerprint density at radius 3 is 2.42 bits per heavy atom. The molecular formula is C26H25N3O4. The van der Waals surface area contributed by atoms with Crippen molar-refractivity contribution in [2.24, 2.45) is 11.5 Å². The van der Waals surface area contributed by atoms with Crippen molar-refractivity contribution in [2.45, 2.75) is 19.6 Å². The third-order valence-corrected chi connectivity index (χ3v) is 5.52. The fourth-order valence-electron chi connectivity index (χ4n) is 3.86. The molecule has 4 aromatic rings. The molecule has 0 spiro atoms. The van der Waals surface area contributed by atoms with Gasteiger partial charge in [-0.2, -0.15) is 0 Å². The van der Waals surface area contributed by atoms with Crippen LogP contribution in [0.15, 0.2) is 72.9 Å². The average Bonchev–Trinajstić information content (AvgIpc) is 3.15. The molecule has 0 bridgehead atoms. The molecule has 4 rings (SSSR count). The van der Waals surface area contributed by atoms with Gasteiger partial charge in [0.25, 0.3) is 0 Å². The Morgan fingerprint density at radius 1 is 0.939 bits per heavy atom. The molecule has 0 unspecified atom stereocenters. The molecule has 0 aliphatic carbocycles. The summed E-state index contributed by atoms with van der Waals surface area (Å²) in [5, 5.41) is 10.2. The van der Waals surface area contributed by atoms with Crippen LogP contribution in [0.4, 0.5) is 0 Å². The van der Waals surface area contributed by atoms with Gasteiger partial charge in [-0.25, -0.2) is 4.79 Å². The molecule has 5 N–H and O–H groups in total. The van der Waals surface area contributed by atoms with Gasteiger partial charge in [-0.3, -0.25) is 4.79 Å². The number of carboxylic acid groups (broad SMARTS) is 1. The van der Waals surface area contributed by atoms with Gasteiger partial charge < -0.3 is 25.9 Å². The van der Waals surface area contributed by atoms with E-state index in [2.05, 4.69) is 10.8 Å². The second-order valence-electron chi connectivity index (χ2n) is 7.86. The molecule has 33 heavy (non-hydrogen) atoms. The van der Waals surface area contributed by atoms with E-state index in [1.54, 1.807) is 30.3 Å². The van der Waals surface area contributed by atoms with E-state index in [4.69, 9.17) is 21.3 Å². The van der Waals surface area contributed by atoms with E-state index in [0.29, 0.717) is 31.0 Å². The number of carbonyl (C=O) groups excluding carboxylic acids is 1. The third-order valence-electron chi connectivity index (χ3n) is 5.52. The van der Waals surface area contributed by atoms with Gasteiger partial charge in [0.15, 0.2) is 0 Å². The molecule has 168 valence electrons. The number of carboxylic acids is 1. The number of nitrogens with zero attached hydrogens (tertiary/aromatic N) is 1. The van der Waals surface area contributed by atoms with Gasteiger partial charge in [0.05, 0.1) is 5.56 Å². The molecule has 1 aromatic heterocycles. The highest BCUT2D eigenvalue weighted by Crippen LogP contribution is 2.28. The van der Waals surface area contributed by atoms with Gasteiger partial charge in [0, 0.05) is 29.2 Å². The van der Waals surface area contributed by atoms with Crippen LogP contribution in [0.25, 0.3) is 10.9 Å². The molecule has 0 aliphatic rings. The van der Waals surface area contributed by atoms with E-state index in [1.807, 2.05) is 36.4 Å². The summed E-state index contributed by atoms with van der Waals surface area (Å²) in [5.41, 5.74) is 15.9. The molecule has 1 heterocycles. The van der Waals surface area contributed by atoms with Crippen LogP contribution < -0.4 is 16.2 Å². The van der Waals surface area contributed by atoms with Crippen molar-refractivity contribution >= 4 is 22.8 Å². The quantitative estimate of drug-likeness (QED) is 0.365. The van der Waals surface area contributed by atoms with Gasteiger partial charge in [-0.15, -0.1) is 0 Å². The highest BCUT2D eigenvalue weighted by atomic mass is 16.5. The van der Waals surface area contributed by atoms with Crippen molar-refractivity contribution in [2.75, 3.05) is 6.54 Å². The predicted octanol–water partition coefficient (Wildman–Crippen LogP) is 3.57. The fraction of sp³-hybridized carbons (Fsp3) is 0.154. The summed E-state index contributed by atoms with van der Waals surface area (Å²) >= 11 is 0. The topological polar surface area (TPSA) is 121 Å². The lowest BCUT2D eigenvalue weighted by molar-refractivity contribution is 0.0696. The Bertz CT molecular complexity index is 1310. The first kappa shape index (κ1) is 22.1. The average molecular weight is 444 g/mol. The van der Waals surface area contributed by atoms with Crippen LogP contribution in [0.2, 0.25) is 0 Å². The van der Waals surface area contributed by atoms with Crippen molar-refractivity contribution in [3.8, 4) is 5.75 Å². The first-order chi connectivity index (χ1) is 15.9. The summed E-state index contributed by atoms with van der Waals surface area (Å²) in [4.78, 5) is 22.5. The number of aromatic carboxylic acids is 1. The number of hydrogen-bond donors (Lipinski definition) is 3. The monoisotopic (exact) mass is 443 g/mol. The molecule has 0 saturated heterocycles. The first-order valence-electron chi connectivity index (χ1n) is 10.6. The van der Waals surface area contributed by atoms with Crippen LogP contribution in [0.1, 0.15) is 37.4 Å². The van der Waals surface area contributed by atoms with Gasteiger partial charge >= 0.3 is 5.97 Å². The zero-order valence-corrected chi connectivity index (χ0v) is 18.0. The van der Waals surface area contributed by atoms with Crippen LogP contribution >= 0.6 is 0 Å². The minimum Gasteiger partial charge on any atom is -0.489 e. The molecule has 0 fully saturated rings. The van der Waals surface area contributed by atoms with Crippen LogP contribution in [-0.2, 0) is 19.6 Å². The summed E-state index contributed by atoms with van der Waals surface area (Å²) in [6.45, 7) is 1.45. The number of ether oxygens (including phenoxy) is 1. The van der Waals surface area contributed by atoms with Gasteiger partial charge in [0.2, 0.25) is 5.91 Å². The minimum atomic E-state index is -0.938. The normalized spacial score (nSPS) is 10.9. The Kier molecular flexibility index (Phi) is 6.42. The van der Waals surface area contributed by atoms with Crippen molar-refractivity contribution in [3.05, 3.63) is 101 Å². The maximum Gasteiger partial charge on any atom is 0.335 e. The number of hydrogen-bond acceptors (Lipinski definition) is 4. The summed E-state index contributed by atoms with van der Waals surface area (Å²) in [6.07, 6.45) is 2.81. The Labute approximate surface area is 191 Å². The van der Waals surface area contributed by atoms with Crippen LogP contribution in [0.5, 0.6) is 5.75 Å². The molecule has 7 nitrogen and oxygen atoms in total. The minimum absolute atomic E-state index is 0.267. The van der Waals surface area contributed by atoms with Crippen LogP contribution in [0, 0.1) is 0 Å². The molecule has 1 amide bonds. The van der Waals surface area contributed by atoms with Gasteiger partial charge in [-0.05, 0) is 72.1 Å². The smallest absolute Gasteiger partial charge is 0.335 e. The Hall–Kier alpha value is -4.10. The Morgan fingerprint density at radius 2 is 1.73 bits per heavy atom. The first-order valence-corrected chi connectivity index (χ1v) is 10.6. The van der Waals surface area contributed by atoms with E-state index in [1.165, 1.54) is 0 Å². The lowest BCUT2D eigenvalue weighted by atomic mass is 10.1. The number of amides is 1. The SMILES string of the molecule is NCCc1cn(Cc2ccc(C(=O)O)cc2)c2ccc(OCc3cccc(C(N)=O)c3)cc12. The number of primary amides is 1. The van der Waals surface area contributed by atoms with E-state index in [-0.39, 0.29) is 5.56 Å². The van der Waals surface area contributed by atoms with Gasteiger partial charge in [0.1, 0.15) is 12.4 Å². The predicted molar refractivity (Wildman–Crippen MR) is 126 cm³/mol. The molecule has 0 atom stereocenters. The number of aromatic nitrogens is 1. The summed E-state index contributed by atoms with van der Waals surface area (Å²) in [6, 6.07) is 19.9. The molecule has 0 saturated carbocycles. The van der Waals surface area contributed by atoms with Crippen molar-refractivity contribution < 1.29 is 19.4 Å². The maximum atomic E-state index is 11.4. The zero-order chi connectivity index (χ0) is 23.4. The fourth-order valence-corrected chi connectivity index (χ4v) is 3.86. The molecular weight excluding hydrogens is 418 g/mol. The number of benzene rings is 3. The van der Waals surface area contributed by atoms with E-state index in [0.717, 1.165) is 34.0 Å². The summed E-state index contributed by atoms with van der Waals surface area (Å²) < 4.78 is 8.12.